The van der Waals surface area contributed by atoms with E-state index in [2.05, 4.69) is 58.9 Å². The van der Waals surface area contributed by atoms with Gasteiger partial charge in [-0.15, -0.1) is 0 Å². The molecule has 0 aromatic carbocycles. The number of ketones is 1. The summed E-state index contributed by atoms with van der Waals surface area (Å²) in [7, 11) is 0. The Balaban J connectivity index is 4.03. The average Bonchev–Trinajstić information content (AvgIpc) is 2.57. The fourth-order valence-electron chi connectivity index (χ4n) is 2.97. The summed E-state index contributed by atoms with van der Waals surface area (Å²) in [6.07, 6.45) is 19.0. The Morgan fingerprint density at radius 2 is 1.00 bits per heavy atom. The molecule has 160 valence electrons. The fraction of sp³-hybridized carbons (Fsp3) is 0.667. The number of hydrogen-bond acceptors (Lipinski definition) is 1. The summed E-state index contributed by atoms with van der Waals surface area (Å²) in [5.41, 5.74) is 5.67. The minimum absolute atomic E-state index is 0.194. The third-order valence-corrected chi connectivity index (χ3v) is 5.09. The van der Waals surface area contributed by atoms with Crippen LogP contribution in [0.5, 0.6) is 0 Å². The summed E-state index contributed by atoms with van der Waals surface area (Å²) in [4.78, 5) is 11.9. The molecule has 0 radical (unpaired) electrons. The highest BCUT2D eigenvalue weighted by Gasteiger charge is 2.19. The number of unbranched alkanes of at least 4 members (excludes halogenated alkanes) is 1. The predicted molar refractivity (Wildman–Crippen MR) is 127 cm³/mol. The van der Waals surface area contributed by atoms with E-state index in [1.807, 2.05) is 20.8 Å². The van der Waals surface area contributed by atoms with Gasteiger partial charge in [-0.2, -0.15) is 0 Å². The minimum atomic E-state index is -0.194. The Morgan fingerprint density at radius 3 is 1.39 bits per heavy atom. The molecule has 0 rings (SSSR count). The molecule has 0 bridgehead atoms. The van der Waals surface area contributed by atoms with Gasteiger partial charge in [0.1, 0.15) is 5.78 Å². The van der Waals surface area contributed by atoms with Crippen LogP contribution in [-0.2, 0) is 4.79 Å². The summed E-state index contributed by atoms with van der Waals surface area (Å²) in [5, 5.41) is 0. The molecule has 0 unspecified atom stereocenters. The lowest BCUT2D eigenvalue weighted by Gasteiger charge is -2.15. The second kappa shape index (κ2) is 14.6. The van der Waals surface area contributed by atoms with E-state index >= 15 is 0 Å². The summed E-state index contributed by atoms with van der Waals surface area (Å²) in [6, 6.07) is 0. The standard InChI is InChI=1S/C27H46O/c1-22(2)14-11-16-24(4)18-13-20-25(5)19-12-17-23(3)15-9-10-21-26(28)27(6,7)8/h14-15,18-19H,9-13,16-17,20-21H2,1-8H3. The second-order valence-corrected chi connectivity index (χ2v) is 9.61. The molecule has 0 N–H and O–H groups in total. The van der Waals surface area contributed by atoms with E-state index in [9.17, 15) is 4.79 Å². The molecule has 0 aliphatic carbocycles. The molecule has 0 aromatic rings. The summed E-state index contributed by atoms with van der Waals surface area (Å²) in [5.74, 6) is 0.373. The third kappa shape index (κ3) is 15.7. The Morgan fingerprint density at radius 1 is 0.607 bits per heavy atom. The van der Waals surface area contributed by atoms with E-state index in [1.54, 1.807) is 0 Å². The minimum Gasteiger partial charge on any atom is -0.299 e. The van der Waals surface area contributed by atoms with Gasteiger partial charge in [0.05, 0.1) is 0 Å². The zero-order valence-electron chi connectivity index (χ0n) is 20.1. The van der Waals surface area contributed by atoms with Gasteiger partial charge in [-0.05, 0) is 86.0 Å². The van der Waals surface area contributed by atoms with Gasteiger partial charge in [0.2, 0.25) is 0 Å². The van der Waals surface area contributed by atoms with Gasteiger partial charge in [0, 0.05) is 11.8 Å². The van der Waals surface area contributed by atoms with Crippen LogP contribution >= 0.6 is 0 Å². The van der Waals surface area contributed by atoms with Gasteiger partial charge < -0.3 is 0 Å². The monoisotopic (exact) mass is 386 g/mol. The molecule has 0 spiro atoms. The van der Waals surface area contributed by atoms with Gasteiger partial charge in [-0.1, -0.05) is 67.4 Å². The second-order valence-electron chi connectivity index (χ2n) is 9.61. The number of rotatable bonds is 13. The van der Waals surface area contributed by atoms with Gasteiger partial charge in [-0.25, -0.2) is 0 Å². The van der Waals surface area contributed by atoms with Crippen molar-refractivity contribution in [3.8, 4) is 0 Å². The van der Waals surface area contributed by atoms with E-state index < -0.39 is 0 Å². The molecule has 1 nitrogen and oxygen atoms in total. The Hall–Kier alpha value is -1.37. The molecule has 0 atom stereocenters. The van der Waals surface area contributed by atoms with Crippen LogP contribution in [0.15, 0.2) is 46.6 Å². The van der Waals surface area contributed by atoms with Crippen molar-refractivity contribution in [1.82, 2.24) is 0 Å². The maximum atomic E-state index is 11.9. The fourth-order valence-corrected chi connectivity index (χ4v) is 2.97. The number of allylic oxidation sites excluding steroid dienone is 8. The van der Waals surface area contributed by atoms with Crippen molar-refractivity contribution in [1.29, 1.82) is 0 Å². The normalized spacial score (nSPS) is 13.6. The zero-order valence-corrected chi connectivity index (χ0v) is 20.1. The zero-order chi connectivity index (χ0) is 21.6. The first-order valence-corrected chi connectivity index (χ1v) is 11.2. The topological polar surface area (TPSA) is 17.1 Å². The molecule has 0 aromatic heterocycles. The lowest BCUT2D eigenvalue weighted by atomic mass is 9.88. The molecule has 0 saturated heterocycles. The van der Waals surface area contributed by atoms with E-state index in [0.29, 0.717) is 12.2 Å². The number of Topliss-reactive ketones (excluding diaryl/α,β-unsaturated/α-hetero) is 1. The van der Waals surface area contributed by atoms with Crippen molar-refractivity contribution >= 4 is 5.78 Å². The van der Waals surface area contributed by atoms with Crippen LogP contribution in [0, 0.1) is 5.41 Å². The lowest BCUT2D eigenvalue weighted by Crippen LogP contribution is -2.19. The van der Waals surface area contributed by atoms with Crippen molar-refractivity contribution < 1.29 is 4.79 Å². The smallest absolute Gasteiger partial charge is 0.138 e. The number of carbonyl (C=O) groups excluding carboxylic acids is 1. The van der Waals surface area contributed by atoms with Crippen LogP contribution in [0.3, 0.4) is 0 Å². The van der Waals surface area contributed by atoms with E-state index in [0.717, 1.165) is 44.9 Å². The summed E-state index contributed by atoms with van der Waals surface area (Å²) < 4.78 is 0. The molecule has 0 heterocycles. The molecule has 0 saturated carbocycles. The highest BCUT2D eigenvalue weighted by molar-refractivity contribution is 5.83. The van der Waals surface area contributed by atoms with Crippen LogP contribution in [0.1, 0.15) is 113 Å². The maximum Gasteiger partial charge on any atom is 0.138 e. The molecule has 0 fully saturated rings. The first-order valence-electron chi connectivity index (χ1n) is 11.2. The highest BCUT2D eigenvalue weighted by atomic mass is 16.1. The van der Waals surface area contributed by atoms with E-state index in [1.165, 1.54) is 28.7 Å². The Bertz CT molecular complexity index is 572. The van der Waals surface area contributed by atoms with Crippen molar-refractivity contribution in [3.63, 3.8) is 0 Å². The van der Waals surface area contributed by atoms with Gasteiger partial charge in [0.25, 0.3) is 0 Å². The Kier molecular flexibility index (Phi) is 13.9. The average molecular weight is 387 g/mol. The van der Waals surface area contributed by atoms with E-state index in [-0.39, 0.29) is 5.41 Å². The number of carbonyl (C=O) groups is 1. The van der Waals surface area contributed by atoms with Crippen LogP contribution in [0.2, 0.25) is 0 Å². The molecule has 0 amide bonds. The van der Waals surface area contributed by atoms with Gasteiger partial charge in [-0.3, -0.25) is 4.79 Å². The molecule has 0 aliphatic rings. The van der Waals surface area contributed by atoms with Crippen molar-refractivity contribution in [2.75, 3.05) is 0 Å². The van der Waals surface area contributed by atoms with E-state index in [4.69, 9.17) is 0 Å². The van der Waals surface area contributed by atoms with Gasteiger partial charge >= 0.3 is 0 Å². The van der Waals surface area contributed by atoms with Crippen LogP contribution in [-0.4, -0.2) is 5.78 Å². The SMILES string of the molecule is CC(C)=CCCC(C)=CCCC(C)=CCCC(C)=CCCCC(=O)C(C)(C)C. The molecule has 0 aliphatic heterocycles. The summed E-state index contributed by atoms with van der Waals surface area (Å²) >= 11 is 0. The number of hydrogen-bond donors (Lipinski definition) is 0. The first kappa shape index (κ1) is 26.6. The largest absolute Gasteiger partial charge is 0.299 e. The molecular formula is C27H46O. The quantitative estimate of drug-likeness (QED) is 0.228. The van der Waals surface area contributed by atoms with Crippen LogP contribution in [0.4, 0.5) is 0 Å². The van der Waals surface area contributed by atoms with Crippen LogP contribution in [0.25, 0.3) is 0 Å². The lowest BCUT2D eigenvalue weighted by molar-refractivity contribution is -0.126. The maximum absolute atomic E-state index is 11.9. The van der Waals surface area contributed by atoms with Crippen LogP contribution < -0.4 is 0 Å². The summed E-state index contributed by atoms with van der Waals surface area (Å²) in [6.45, 7) is 17.1. The molecule has 1 heteroatoms. The Labute approximate surface area is 176 Å². The molecule has 28 heavy (non-hydrogen) atoms. The van der Waals surface area contributed by atoms with Crippen molar-refractivity contribution in [2.45, 2.75) is 113 Å². The van der Waals surface area contributed by atoms with Crippen molar-refractivity contribution in [3.05, 3.63) is 46.6 Å². The third-order valence-electron chi connectivity index (χ3n) is 5.09. The van der Waals surface area contributed by atoms with Gasteiger partial charge in [0.15, 0.2) is 0 Å². The first-order chi connectivity index (χ1) is 13.0. The molecular weight excluding hydrogens is 340 g/mol. The van der Waals surface area contributed by atoms with Crippen molar-refractivity contribution in [2.24, 2.45) is 5.41 Å². The predicted octanol–water partition coefficient (Wildman–Crippen LogP) is 8.92. The highest BCUT2D eigenvalue weighted by Crippen LogP contribution is 2.19.